The second kappa shape index (κ2) is 8.66. The number of nitrogens with one attached hydrogen (secondary N) is 1. The van der Waals surface area contributed by atoms with Gasteiger partial charge in [0.25, 0.3) is 5.91 Å². The number of amides is 1. The predicted molar refractivity (Wildman–Crippen MR) is 95.9 cm³/mol. The molecule has 2 aromatic carbocycles. The minimum Gasteiger partial charge on any atom is -0.481 e. The highest BCUT2D eigenvalue weighted by Gasteiger charge is 2.13. The number of ether oxygens (including phenoxy) is 1. The monoisotopic (exact) mass is 400 g/mol. The summed E-state index contributed by atoms with van der Waals surface area (Å²) in [6, 6.07) is 15.4. The van der Waals surface area contributed by atoms with E-state index in [4.69, 9.17) is 9.84 Å². The third-order valence-corrected chi connectivity index (χ3v) is 3.75. The van der Waals surface area contributed by atoms with Gasteiger partial charge in [0.1, 0.15) is 17.4 Å². The molecule has 0 bridgehead atoms. The number of hydrogen-bond acceptors (Lipinski definition) is 4. The quantitative estimate of drug-likeness (QED) is 0.571. The van der Waals surface area contributed by atoms with Crippen LogP contribution in [0.3, 0.4) is 0 Å². The van der Waals surface area contributed by atoms with Gasteiger partial charge in [-0.25, -0.2) is 4.79 Å². The highest BCUT2D eigenvalue weighted by atomic mass is 79.9. The highest BCUT2D eigenvalue weighted by Crippen LogP contribution is 2.24. The van der Waals surface area contributed by atoms with Gasteiger partial charge in [-0.2, -0.15) is 5.26 Å². The second-order valence-electron chi connectivity index (χ2n) is 4.82. The van der Waals surface area contributed by atoms with Crippen molar-refractivity contribution in [2.24, 2.45) is 0 Å². The van der Waals surface area contributed by atoms with Crippen LogP contribution in [0.1, 0.15) is 5.56 Å². The van der Waals surface area contributed by atoms with E-state index in [0.717, 1.165) is 0 Å². The fourth-order valence-electron chi connectivity index (χ4n) is 1.93. The van der Waals surface area contributed by atoms with Crippen LogP contribution >= 0.6 is 15.9 Å². The minimum absolute atomic E-state index is 0.137. The fraction of sp³-hybridized carbons (Fsp3) is 0.0556. The van der Waals surface area contributed by atoms with Crippen LogP contribution in [-0.4, -0.2) is 23.6 Å². The van der Waals surface area contributed by atoms with Crippen molar-refractivity contribution < 1.29 is 19.4 Å². The molecule has 1 amide bonds. The van der Waals surface area contributed by atoms with Gasteiger partial charge in [0, 0.05) is 10.0 Å². The van der Waals surface area contributed by atoms with Gasteiger partial charge in [-0.3, -0.25) is 4.79 Å². The topological polar surface area (TPSA) is 99.4 Å². The molecular weight excluding hydrogens is 388 g/mol. The van der Waals surface area contributed by atoms with E-state index in [1.807, 2.05) is 6.07 Å². The number of carbonyl (C=O) groups excluding carboxylic acids is 1. The fourth-order valence-corrected chi connectivity index (χ4v) is 2.31. The van der Waals surface area contributed by atoms with Crippen molar-refractivity contribution >= 4 is 39.6 Å². The molecule has 0 radical (unpaired) electrons. The molecule has 0 spiro atoms. The van der Waals surface area contributed by atoms with Crippen LogP contribution in [0.25, 0.3) is 6.08 Å². The van der Waals surface area contributed by atoms with Crippen molar-refractivity contribution in [3.8, 4) is 11.8 Å². The largest absolute Gasteiger partial charge is 0.481 e. The van der Waals surface area contributed by atoms with E-state index in [1.165, 1.54) is 6.08 Å². The molecular formula is C18H13BrN2O4. The first-order chi connectivity index (χ1) is 12.0. The van der Waals surface area contributed by atoms with Gasteiger partial charge in [0.2, 0.25) is 0 Å². The third-order valence-electron chi connectivity index (χ3n) is 3.06. The van der Waals surface area contributed by atoms with E-state index in [2.05, 4.69) is 21.2 Å². The Morgan fingerprint density at radius 2 is 1.88 bits per heavy atom. The highest BCUT2D eigenvalue weighted by molar-refractivity contribution is 9.10. The van der Waals surface area contributed by atoms with Crippen LogP contribution in [0.15, 0.2) is 58.6 Å². The number of para-hydroxylation sites is 2. The summed E-state index contributed by atoms with van der Waals surface area (Å²) in [5.74, 6) is -1.43. The number of halogens is 1. The molecule has 0 aliphatic rings. The summed E-state index contributed by atoms with van der Waals surface area (Å²) in [7, 11) is 0. The van der Waals surface area contributed by atoms with E-state index in [-0.39, 0.29) is 11.3 Å². The molecule has 0 fully saturated rings. The number of rotatable bonds is 6. The SMILES string of the molecule is N#C/C(=C/c1ccccc1OCC(=O)O)C(=O)Nc1ccccc1Br. The van der Waals surface area contributed by atoms with Crippen molar-refractivity contribution in [3.05, 3.63) is 64.1 Å². The van der Waals surface area contributed by atoms with Gasteiger partial charge >= 0.3 is 5.97 Å². The predicted octanol–water partition coefficient (Wildman–Crippen LogP) is 3.46. The summed E-state index contributed by atoms with van der Waals surface area (Å²) in [5, 5.41) is 20.6. The zero-order valence-corrected chi connectivity index (χ0v) is 14.5. The molecule has 7 heteroatoms. The summed E-state index contributed by atoms with van der Waals surface area (Å²) < 4.78 is 5.85. The van der Waals surface area contributed by atoms with E-state index in [1.54, 1.807) is 48.5 Å². The van der Waals surface area contributed by atoms with E-state index < -0.39 is 18.5 Å². The number of carboxylic acid groups (broad SMARTS) is 1. The van der Waals surface area contributed by atoms with Gasteiger partial charge in [0.15, 0.2) is 6.61 Å². The first kappa shape index (κ1) is 18.2. The van der Waals surface area contributed by atoms with Crippen LogP contribution in [-0.2, 0) is 9.59 Å². The lowest BCUT2D eigenvalue weighted by atomic mass is 10.1. The molecule has 0 aromatic heterocycles. The molecule has 0 saturated heterocycles. The maximum absolute atomic E-state index is 12.3. The van der Waals surface area contributed by atoms with Crippen molar-refractivity contribution in [2.45, 2.75) is 0 Å². The molecule has 0 aliphatic heterocycles. The summed E-state index contributed by atoms with van der Waals surface area (Å²) in [4.78, 5) is 23.0. The Balaban J connectivity index is 2.25. The van der Waals surface area contributed by atoms with Gasteiger partial charge in [-0.05, 0) is 40.2 Å². The molecule has 2 aromatic rings. The van der Waals surface area contributed by atoms with Crippen molar-refractivity contribution in [1.29, 1.82) is 5.26 Å². The summed E-state index contributed by atoms with van der Waals surface area (Å²) in [6.45, 7) is -0.518. The number of nitrogens with zero attached hydrogens (tertiary/aromatic N) is 1. The van der Waals surface area contributed by atoms with E-state index in [0.29, 0.717) is 15.7 Å². The lowest BCUT2D eigenvalue weighted by Gasteiger charge is -2.08. The molecule has 2 rings (SSSR count). The average Bonchev–Trinajstić information content (AvgIpc) is 2.60. The third kappa shape index (κ3) is 5.19. The molecule has 0 atom stereocenters. The van der Waals surface area contributed by atoms with Crippen LogP contribution < -0.4 is 10.1 Å². The number of aliphatic carboxylic acids is 1. The first-order valence-electron chi connectivity index (χ1n) is 7.12. The lowest BCUT2D eigenvalue weighted by Crippen LogP contribution is -2.14. The molecule has 0 unspecified atom stereocenters. The van der Waals surface area contributed by atoms with Crippen molar-refractivity contribution in [3.63, 3.8) is 0 Å². The minimum atomic E-state index is -1.12. The number of hydrogen-bond donors (Lipinski definition) is 2. The Hall–Kier alpha value is -3.11. The molecule has 2 N–H and O–H groups in total. The molecule has 25 heavy (non-hydrogen) atoms. The van der Waals surface area contributed by atoms with Crippen molar-refractivity contribution in [2.75, 3.05) is 11.9 Å². The molecule has 0 saturated carbocycles. The number of benzene rings is 2. The standard InChI is InChI=1S/C18H13BrN2O4/c19-14-6-2-3-7-15(14)21-18(24)13(10-20)9-12-5-1-4-8-16(12)25-11-17(22)23/h1-9H,11H2,(H,21,24)(H,22,23)/b13-9-. The number of carboxylic acids is 1. The molecule has 0 heterocycles. The number of nitriles is 1. The van der Waals surface area contributed by atoms with Crippen LogP contribution in [0.5, 0.6) is 5.75 Å². The Morgan fingerprint density at radius 3 is 2.56 bits per heavy atom. The smallest absolute Gasteiger partial charge is 0.341 e. The van der Waals surface area contributed by atoms with Crippen LogP contribution in [0.4, 0.5) is 5.69 Å². The number of carbonyl (C=O) groups is 2. The Labute approximate surface area is 152 Å². The van der Waals surface area contributed by atoms with Crippen LogP contribution in [0.2, 0.25) is 0 Å². The number of anilines is 1. The van der Waals surface area contributed by atoms with Gasteiger partial charge < -0.3 is 15.2 Å². The molecule has 126 valence electrons. The van der Waals surface area contributed by atoms with E-state index in [9.17, 15) is 14.9 Å². The molecule has 6 nitrogen and oxygen atoms in total. The van der Waals surface area contributed by atoms with Crippen LogP contribution in [0, 0.1) is 11.3 Å². The average molecular weight is 401 g/mol. The normalized spacial score (nSPS) is 10.6. The summed E-state index contributed by atoms with van der Waals surface area (Å²) in [5.41, 5.74) is 0.828. The Morgan fingerprint density at radius 1 is 1.20 bits per heavy atom. The first-order valence-corrected chi connectivity index (χ1v) is 7.92. The van der Waals surface area contributed by atoms with Crippen molar-refractivity contribution in [1.82, 2.24) is 0 Å². The Bertz CT molecular complexity index is 871. The van der Waals surface area contributed by atoms with Gasteiger partial charge in [-0.1, -0.05) is 30.3 Å². The molecule has 0 aliphatic carbocycles. The maximum Gasteiger partial charge on any atom is 0.341 e. The van der Waals surface area contributed by atoms with E-state index >= 15 is 0 Å². The maximum atomic E-state index is 12.3. The Kier molecular flexibility index (Phi) is 6.32. The second-order valence-corrected chi connectivity index (χ2v) is 5.68. The van der Waals surface area contributed by atoms with Gasteiger partial charge in [-0.15, -0.1) is 0 Å². The summed E-state index contributed by atoms with van der Waals surface area (Å²) in [6.07, 6.45) is 1.35. The summed E-state index contributed by atoms with van der Waals surface area (Å²) >= 11 is 3.32. The zero-order chi connectivity index (χ0) is 18.2. The zero-order valence-electron chi connectivity index (χ0n) is 12.9. The van der Waals surface area contributed by atoms with Gasteiger partial charge in [0.05, 0.1) is 5.69 Å². The lowest BCUT2D eigenvalue weighted by molar-refractivity contribution is -0.139.